The van der Waals surface area contributed by atoms with Crippen molar-refractivity contribution in [3.05, 3.63) is 54.1 Å². The molecule has 28 heavy (non-hydrogen) atoms. The molecule has 9 heteroatoms. The quantitative estimate of drug-likeness (QED) is 0.633. The first-order valence-electron chi connectivity index (χ1n) is 8.77. The van der Waals surface area contributed by atoms with E-state index in [-0.39, 0.29) is 23.2 Å². The Morgan fingerprint density at radius 2 is 1.89 bits per heavy atom. The Morgan fingerprint density at radius 3 is 2.54 bits per heavy atom. The van der Waals surface area contributed by atoms with Crippen LogP contribution < -0.4 is 20.1 Å². The van der Waals surface area contributed by atoms with E-state index in [0.29, 0.717) is 29.6 Å². The number of rotatable bonds is 7. The average molecular weight is 426 g/mol. The third kappa shape index (κ3) is 5.37. The fraction of sp³-hybridized carbons (Fsp3) is 0.316. The Labute approximate surface area is 171 Å². The van der Waals surface area contributed by atoms with Crippen molar-refractivity contribution in [3.8, 4) is 5.75 Å². The van der Waals surface area contributed by atoms with Gasteiger partial charge >= 0.3 is 0 Å². The predicted octanol–water partition coefficient (Wildman–Crippen LogP) is 2.40. The number of hydrogen-bond donors (Lipinski definition) is 3. The second-order valence-corrected chi connectivity index (χ2v) is 8.02. The van der Waals surface area contributed by atoms with E-state index in [1.807, 2.05) is 0 Å². The zero-order chi connectivity index (χ0) is 19.3. The molecule has 1 heterocycles. The van der Waals surface area contributed by atoms with Crippen LogP contribution in [0.5, 0.6) is 5.75 Å². The van der Waals surface area contributed by atoms with Crippen molar-refractivity contribution < 1.29 is 17.9 Å². The fourth-order valence-corrected chi connectivity index (χ4v) is 4.04. The first-order chi connectivity index (χ1) is 13.0. The summed E-state index contributed by atoms with van der Waals surface area (Å²) in [5.41, 5.74) is 0.773. The van der Waals surface area contributed by atoms with Gasteiger partial charge in [-0.15, -0.1) is 12.4 Å². The minimum absolute atomic E-state index is 0. The number of para-hydroxylation sites is 2. The highest BCUT2D eigenvalue weighted by Crippen LogP contribution is 2.26. The van der Waals surface area contributed by atoms with Crippen molar-refractivity contribution in [3.63, 3.8) is 0 Å². The molecule has 1 aliphatic heterocycles. The van der Waals surface area contributed by atoms with Gasteiger partial charge in [0.25, 0.3) is 15.9 Å². The van der Waals surface area contributed by atoms with Crippen molar-refractivity contribution in [2.45, 2.75) is 23.8 Å². The molecule has 3 N–H and O–H groups in total. The molecule has 0 bridgehead atoms. The van der Waals surface area contributed by atoms with E-state index < -0.39 is 10.0 Å². The van der Waals surface area contributed by atoms with Crippen LogP contribution in [0, 0.1) is 0 Å². The van der Waals surface area contributed by atoms with Gasteiger partial charge in [0.2, 0.25) is 0 Å². The van der Waals surface area contributed by atoms with Crippen LogP contribution in [0.15, 0.2) is 53.4 Å². The lowest BCUT2D eigenvalue weighted by molar-refractivity contribution is 0.0950. The minimum Gasteiger partial charge on any atom is -0.495 e. The van der Waals surface area contributed by atoms with Gasteiger partial charge in [-0.3, -0.25) is 9.52 Å². The second-order valence-electron chi connectivity index (χ2n) is 6.33. The molecule has 152 valence electrons. The molecular weight excluding hydrogens is 402 g/mol. The van der Waals surface area contributed by atoms with Gasteiger partial charge in [0.05, 0.1) is 17.7 Å². The van der Waals surface area contributed by atoms with E-state index >= 15 is 0 Å². The third-order valence-corrected chi connectivity index (χ3v) is 5.83. The number of anilines is 1. The van der Waals surface area contributed by atoms with Gasteiger partial charge < -0.3 is 15.4 Å². The van der Waals surface area contributed by atoms with Gasteiger partial charge in [0, 0.05) is 18.2 Å². The van der Waals surface area contributed by atoms with E-state index in [2.05, 4.69) is 15.4 Å². The van der Waals surface area contributed by atoms with E-state index in [4.69, 9.17) is 4.74 Å². The summed E-state index contributed by atoms with van der Waals surface area (Å²) in [6, 6.07) is 12.9. The molecule has 0 aromatic heterocycles. The third-order valence-electron chi connectivity index (χ3n) is 4.45. The molecule has 1 aliphatic rings. The van der Waals surface area contributed by atoms with Crippen LogP contribution in [-0.4, -0.2) is 40.6 Å². The number of ether oxygens (including phenoxy) is 1. The van der Waals surface area contributed by atoms with Crippen molar-refractivity contribution in [1.82, 2.24) is 10.6 Å². The lowest BCUT2D eigenvalue weighted by Gasteiger charge is -2.13. The van der Waals surface area contributed by atoms with Crippen LogP contribution in [0.2, 0.25) is 0 Å². The molecule has 0 spiro atoms. The summed E-state index contributed by atoms with van der Waals surface area (Å²) in [6.07, 6.45) is 2.17. The molecule has 1 amide bonds. The zero-order valence-corrected chi connectivity index (χ0v) is 17.1. The van der Waals surface area contributed by atoms with Gasteiger partial charge in [-0.25, -0.2) is 8.42 Å². The molecule has 1 unspecified atom stereocenters. The number of nitrogens with one attached hydrogen (secondary N) is 3. The van der Waals surface area contributed by atoms with Crippen molar-refractivity contribution >= 4 is 34.0 Å². The van der Waals surface area contributed by atoms with Crippen LogP contribution in [-0.2, 0) is 10.0 Å². The zero-order valence-electron chi connectivity index (χ0n) is 15.5. The molecule has 0 saturated carbocycles. The van der Waals surface area contributed by atoms with Gasteiger partial charge in [-0.2, -0.15) is 0 Å². The monoisotopic (exact) mass is 425 g/mol. The standard InChI is InChI=1S/C19H23N3O4S.ClH/c1-26-18-7-3-2-6-17(18)22-27(24,25)16-10-8-14(9-11-16)19(23)21-13-15-5-4-12-20-15;/h2-3,6-11,15,20,22H,4-5,12-13H2,1H3,(H,21,23);1H. The Balaban J connectivity index is 0.00000280. The highest BCUT2D eigenvalue weighted by molar-refractivity contribution is 7.92. The molecule has 7 nitrogen and oxygen atoms in total. The molecule has 2 aromatic carbocycles. The average Bonchev–Trinajstić information content (AvgIpc) is 3.20. The fourth-order valence-electron chi connectivity index (χ4n) is 2.97. The number of carbonyl (C=O) groups excluding carboxylic acids is 1. The van der Waals surface area contributed by atoms with E-state index in [1.54, 1.807) is 24.3 Å². The SMILES string of the molecule is COc1ccccc1NS(=O)(=O)c1ccc(C(=O)NCC2CCCN2)cc1.Cl. The highest BCUT2D eigenvalue weighted by atomic mass is 35.5. The van der Waals surface area contributed by atoms with Crippen molar-refractivity contribution in [2.24, 2.45) is 0 Å². The van der Waals surface area contributed by atoms with Crippen LogP contribution in [0.25, 0.3) is 0 Å². The lowest BCUT2D eigenvalue weighted by atomic mass is 10.2. The topological polar surface area (TPSA) is 96.5 Å². The largest absolute Gasteiger partial charge is 0.495 e. The van der Waals surface area contributed by atoms with Crippen LogP contribution in [0.1, 0.15) is 23.2 Å². The van der Waals surface area contributed by atoms with Gasteiger partial charge in [0.15, 0.2) is 0 Å². The Kier molecular flexibility index (Phi) is 7.68. The summed E-state index contributed by atoms with van der Waals surface area (Å²) >= 11 is 0. The minimum atomic E-state index is -3.79. The summed E-state index contributed by atoms with van der Waals surface area (Å²) in [4.78, 5) is 12.3. The maximum absolute atomic E-state index is 12.6. The van der Waals surface area contributed by atoms with Gasteiger partial charge in [0.1, 0.15) is 5.75 Å². The second kappa shape index (κ2) is 9.77. The number of hydrogen-bond acceptors (Lipinski definition) is 5. The lowest BCUT2D eigenvalue weighted by Crippen LogP contribution is -2.37. The number of carbonyl (C=O) groups is 1. The van der Waals surface area contributed by atoms with Crippen LogP contribution in [0.3, 0.4) is 0 Å². The molecule has 1 saturated heterocycles. The van der Waals surface area contributed by atoms with Crippen molar-refractivity contribution in [2.75, 3.05) is 24.9 Å². The highest BCUT2D eigenvalue weighted by Gasteiger charge is 2.18. The van der Waals surface area contributed by atoms with Crippen LogP contribution >= 0.6 is 12.4 Å². The summed E-state index contributed by atoms with van der Waals surface area (Å²) in [7, 11) is -2.31. The summed E-state index contributed by atoms with van der Waals surface area (Å²) < 4.78 is 32.8. The Bertz CT molecular complexity index is 898. The number of methoxy groups -OCH3 is 1. The van der Waals surface area contributed by atoms with Gasteiger partial charge in [-0.1, -0.05) is 12.1 Å². The smallest absolute Gasteiger partial charge is 0.262 e. The van der Waals surface area contributed by atoms with E-state index in [1.165, 1.54) is 31.4 Å². The molecular formula is C19H24ClN3O4S. The summed E-state index contributed by atoms with van der Waals surface area (Å²) in [6.45, 7) is 1.54. The summed E-state index contributed by atoms with van der Waals surface area (Å²) in [5, 5.41) is 6.18. The van der Waals surface area contributed by atoms with Crippen LogP contribution in [0.4, 0.5) is 5.69 Å². The summed E-state index contributed by atoms with van der Waals surface area (Å²) in [5.74, 6) is 0.211. The molecule has 0 radical (unpaired) electrons. The first-order valence-corrected chi connectivity index (χ1v) is 10.3. The maximum Gasteiger partial charge on any atom is 0.262 e. The number of amides is 1. The number of benzene rings is 2. The van der Waals surface area contributed by atoms with E-state index in [0.717, 1.165) is 19.4 Å². The van der Waals surface area contributed by atoms with Crippen molar-refractivity contribution in [1.29, 1.82) is 0 Å². The number of halogens is 1. The Morgan fingerprint density at radius 1 is 1.18 bits per heavy atom. The normalized spacial score (nSPS) is 16.1. The maximum atomic E-state index is 12.6. The molecule has 3 rings (SSSR count). The Hall–Kier alpha value is -2.29. The van der Waals surface area contributed by atoms with E-state index in [9.17, 15) is 13.2 Å². The predicted molar refractivity (Wildman–Crippen MR) is 111 cm³/mol. The number of sulfonamides is 1. The first kappa shape index (κ1) is 22.0. The van der Waals surface area contributed by atoms with Gasteiger partial charge in [-0.05, 0) is 55.8 Å². The molecule has 1 fully saturated rings. The molecule has 2 aromatic rings. The molecule has 1 atom stereocenters. The molecule has 0 aliphatic carbocycles.